The molecule has 3 N–H and O–H groups in total. The van der Waals surface area contributed by atoms with E-state index in [4.69, 9.17) is 5.73 Å². The van der Waals surface area contributed by atoms with Crippen molar-refractivity contribution < 1.29 is 9.59 Å². The van der Waals surface area contributed by atoms with Crippen LogP contribution >= 0.6 is 12.4 Å². The van der Waals surface area contributed by atoms with Crippen LogP contribution in [0, 0.1) is 0 Å². The van der Waals surface area contributed by atoms with Gasteiger partial charge in [0.05, 0.1) is 5.54 Å². The summed E-state index contributed by atoms with van der Waals surface area (Å²) in [4.78, 5) is 23.6. The van der Waals surface area contributed by atoms with Crippen LogP contribution in [0.25, 0.3) is 0 Å². The molecule has 1 aromatic heterocycles. The Hall–Kier alpha value is -1.33. The molecule has 0 aromatic carbocycles. The van der Waals surface area contributed by atoms with E-state index in [0.29, 0.717) is 17.8 Å². The van der Waals surface area contributed by atoms with Crippen molar-refractivity contribution >= 4 is 24.1 Å². The molecule has 0 aliphatic heterocycles. The number of carbonyl (C=O) groups excluding carboxylic acids is 2. The van der Waals surface area contributed by atoms with Gasteiger partial charge in [-0.25, -0.2) is 0 Å². The van der Waals surface area contributed by atoms with Crippen LogP contribution in [0.2, 0.25) is 0 Å². The Morgan fingerprint density at radius 2 is 1.90 bits per heavy atom. The monoisotopic (exact) mass is 301 g/mol. The Balaban J connectivity index is 0.00000361. The molecule has 1 heterocycles. The molecule has 0 atom stereocenters. The molecule has 0 bridgehead atoms. The molecule has 1 rings (SSSR count). The maximum absolute atomic E-state index is 12.3. The van der Waals surface area contributed by atoms with Crippen molar-refractivity contribution in [2.45, 2.75) is 39.2 Å². The van der Waals surface area contributed by atoms with Gasteiger partial charge in [0.2, 0.25) is 0 Å². The van der Waals surface area contributed by atoms with Gasteiger partial charge in [-0.1, -0.05) is 13.8 Å². The highest BCUT2D eigenvalue weighted by Gasteiger charge is 2.27. The van der Waals surface area contributed by atoms with Crippen molar-refractivity contribution in [3.8, 4) is 0 Å². The first-order chi connectivity index (χ1) is 8.89. The molecule has 1 amide bonds. The molecule has 0 saturated heterocycles. The molecule has 0 unspecified atom stereocenters. The van der Waals surface area contributed by atoms with E-state index in [9.17, 15) is 9.59 Å². The average molecular weight is 302 g/mol. The van der Waals surface area contributed by atoms with Crippen molar-refractivity contribution in [2.75, 3.05) is 6.54 Å². The highest BCUT2D eigenvalue weighted by molar-refractivity contribution is 5.99. The smallest absolute Gasteiger partial charge is 0.268 e. The summed E-state index contributed by atoms with van der Waals surface area (Å²) in [5, 5.41) is 2.99. The lowest BCUT2D eigenvalue weighted by Gasteiger charge is -2.31. The van der Waals surface area contributed by atoms with E-state index in [1.807, 2.05) is 13.8 Å². The zero-order chi connectivity index (χ0) is 14.6. The van der Waals surface area contributed by atoms with Crippen molar-refractivity contribution in [3.05, 3.63) is 23.5 Å². The highest BCUT2D eigenvalue weighted by Crippen LogP contribution is 2.15. The zero-order valence-electron chi connectivity index (χ0n) is 12.5. The third kappa shape index (κ3) is 3.84. The number of hydrogen-bond donors (Lipinski definition) is 2. The van der Waals surface area contributed by atoms with Gasteiger partial charge in [-0.05, 0) is 25.8 Å². The summed E-state index contributed by atoms with van der Waals surface area (Å²) >= 11 is 0. The van der Waals surface area contributed by atoms with Gasteiger partial charge in [0.25, 0.3) is 5.91 Å². The lowest BCUT2D eigenvalue weighted by molar-refractivity contribution is 0.0886. The molecule has 0 radical (unpaired) electrons. The van der Waals surface area contributed by atoms with E-state index in [1.165, 1.54) is 6.92 Å². The lowest BCUT2D eigenvalue weighted by Crippen LogP contribution is -2.53. The van der Waals surface area contributed by atoms with Crippen molar-refractivity contribution in [1.82, 2.24) is 9.88 Å². The minimum absolute atomic E-state index is 0. The SMILES string of the molecule is CCC(CC)(CN)NC(=O)c1cc(C(C)=O)cn1C.Cl. The van der Waals surface area contributed by atoms with Crippen LogP contribution < -0.4 is 11.1 Å². The molecule has 114 valence electrons. The molecule has 0 spiro atoms. The molecule has 5 nitrogen and oxygen atoms in total. The lowest BCUT2D eigenvalue weighted by atomic mass is 9.93. The summed E-state index contributed by atoms with van der Waals surface area (Å²) < 4.78 is 1.67. The Labute approximate surface area is 126 Å². The number of nitrogens with two attached hydrogens (primary N) is 1. The maximum Gasteiger partial charge on any atom is 0.268 e. The van der Waals surface area contributed by atoms with Crippen LogP contribution in [-0.2, 0) is 7.05 Å². The summed E-state index contributed by atoms with van der Waals surface area (Å²) in [6.45, 7) is 5.89. The minimum Gasteiger partial charge on any atom is -0.346 e. The third-order valence-corrected chi connectivity index (χ3v) is 3.77. The van der Waals surface area contributed by atoms with E-state index in [2.05, 4.69) is 5.32 Å². The third-order valence-electron chi connectivity index (χ3n) is 3.77. The van der Waals surface area contributed by atoms with Crippen molar-refractivity contribution in [3.63, 3.8) is 0 Å². The number of hydrogen-bond acceptors (Lipinski definition) is 3. The fourth-order valence-corrected chi connectivity index (χ4v) is 2.05. The maximum atomic E-state index is 12.3. The number of halogens is 1. The summed E-state index contributed by atoms with van der Waals surface area (Å²) in [6, 6.07) is 1.62. The normalized spacial score (nSPS) is 10.8. The van der Waals surface area contributed by atoms with E-state index < -0.39 is 0 Å². The summed E-state index contributed by atoms with van der Waals surface area (Å²) in [5.74, 6) is -0.241. The van der Waals surface area contributed by atoms with Gasteiger partial charge in [-0.2, -0.15) is 0 Å². The Kier molecular flexibility index (Phi) is 6.96. The van der Waals surface area contributed by atoms with Gasteiger partial charge in [0, 0.05) is 25.4 Å². The molecule has 0 saturated carbocycles. The molecule has 20 heavy (non-hydrogen) atoms. The quantitative estimate of drug-likeness (QED) is 0.788. The number of nitrogens with one attached hydrogen (secondary N) is 1. The summed E-state index contributed by atoms with van der Waals surface area (Å²) in [5.41, 5.74) is 6.41. The second-order valence-corrected chi connectivity index (χ2v) is 4.93. The first kappa shape index (κ1) is 18.7. The van der Waals surface area contributed by atoms with Crippen LogP contribution in [0.3, 0.4) is 0 Å². The number of ketones is 1. The largest absolute Gasteiger partial charge is 0.346 e. The molecule has 6 heteroatoms. The first-order valence-electron chi connectivity index (χ1n) is 6.59. The van der Waals surface area contributed by atoms with Crippen LogP contribution in [0.1, 0.15) is 54.5 Å². The van der Waals surface area contributed by atoms with Crippen LogP contribution in [-0.4, -0.2) is 28.3 Å². The fourth-order valence-electron chi connectivity index (χ4n) is 2.05. The molecule has 0 fully saturated rings. The second-order valence-electron chi connectivity index (χ2n) is 4.93. The van der Waals surface area contributed by atoms with Gasteiger partial charge < -0.3 is 15.6 Å². The van der Waals surface area contributed by atoms with E-state index in [0.717, 1.165) is 12.8 Å². The van der Waals surface area contributed by atoms with Gasteiger partial charge in [-0.15, -0.1) is 12.4 Å². The van der Waals surface area contributed by atoms with Gasteiger partial charge in [0.15, 0.2) is 5.78 Å². The predicted molar refractivity (Wildman–Crippen MR) is 82.5 cm³/mol. The summed E-state index contributed by atoms with van der Waals surface area (Å²) in [6.07, 6.45) is 3.21. The predicted octanol–water partition coefficient (Wildman–Crippen LogP) is 1.90. The number of nitrogens with zero attached hydrogens (tertiary/aromatic N) is 1. The summed E-state index contributed by atoms with van der Waals surface area (Å²) in [7, 11) is 1.75. The second kappa shape index (κ2) is 7.45. The molecular weight excluding hydrogens is 278 g/mol. The fraction of sp³-hybridized carbons (Fsp3) is 0.571. The first-order valence-corrected chi connectivity index (χ1v) is 6.59. The zero-order valence-corrected chi connectivity index (χ0v) is 13.3. The number of Topliss-reactive ketones (excluding diaryl/α,β-unsaturated/α-hetero) is 1. The molecular formula is C14H24ClN3O2. The molecule has 0 aliphatic carbocycles. The average Bonchev–Trinajstić information content (AvgIpc) is 2.78. The Bertz CT molecular complexity index is 470. The van der Waals surface area contributed by atoms with Crippen LogP contribution in [0.15, 0.2) is 12.3 Å². The van der Waals surface area contributed by atoms with Crippen molar-refractivity contribution in [1.29, 1.82) is 0 Å². The topological polar surface area (TPSA) is 77.1 Å². The number of carbonyl (C=O) groups is 2. The molecule has 1 aromatic rings. The van der Waals surface area contributed by atoms with E-state index in [1.54, 1.807) is 23.9 Å². The molecule has 0 aliphatic rings. The van der Waals surface area contributed by atoms with Crippen LogP contribution in [0.4, 0.5) is 0 Å². The minimum atomic E-state index is -0.377. The number of aryl methyl sites for hydroxylation is 1. The van der Waals surface area contributed by atoms with Crippen LogP contribution in [0.5, 0.6) is 0 Å². The van der Waals surface area contributed by atoms with Gasteiger partial charge in [0.1, 0.15) is 5.69 Å². The Morgan fingerprint density at radius 3 is 2.25 bits per heavy atom. The Morgan fingerprint density at radius 1 is 1.35 bits per heavy atom. The number of rotatable bonds is 6. The van der Waals surface area contributed by atoms with E-state index >= 15 is 0 Å². The van der Waals surface area contributed by atoms with Gasteiger partial charge in [-0.3, -0.25) is 9.59 Å². The number of amides is 1. The van der Waals surface area contributed by atoms with Gasteiger partial charge >= 0.3 is 0 Å². The van der Waals surface area contributed by atoms with Crippen molar-refractivity contribution in [2.24, 2.45) is 12.8 Å². The standard InChI is InChI=1S/C14H23N3O2.ClH/c1-5-14(6-2,9-15)16-13(19)12-7-11(10(3)18)8-17(12)4;/h7-8H,5-6,9,15H2,1-4H3,(H,16,19);1H. The number of aromatic nitrogens is 1. The van der Waals surface area contributed by atoms with E-state index in [-0.39, 0.29) is 29.6 Å². The highest BCUT2D eigenvalue weighted by atomic mass is 35.5.